The van der Waals surface area contributed by atoms with Gasteiger partial charge in [-0.05, 0) is 37.1 Å². The molecular weight excluding hydrogens is 572 g/mol. The van der Waals surface area contributed by atoms with Crippen LogP contribution in [0.4, 0.5) is 11.4 Å². The Balaban J connectivity index is 0.000000835. The van der Waals surface area contributed by atoms with Gasteiger partial charge in [-0.3, -0.25) is 32.3 Å². The third kappa shape index (κ3) is 20.6. The number of benzene rings is 2. The highest BCUT2D eigenvalue weighted by atomic mass is 15.3. The van der Waals surface area contributed by atoms with Crippen molar-refractivity contribution in [2.75, 3.05) is 22.9 Å². The molecular formula is C36H62N10. The van der Waals surface area contributed by atoms with Crippen molar-refractivity contribution in [1.82, 2.24) is 10.6 Å². The molecule has 2 rings (SSSR count). The summed E-state index contributed by atoms with van der Waals surface area (Å²) < 4.78 is 0. The van der Waals surface area contributed by atoms with Crippen LogP contribution in [-0.2, 0) is 0 Å². The van der Waals surface area contributed by atoms with Crippen LogP contribution in [-0.4, -0.2) is 36.9 Å². The molecule has 0 atom stereocenters. The Morgan fingerprint density at radius 2 is 0.804 bits per heavy atom. The molecule has 2 aromatic rings. The lowest BCUT2D eigenvalue weighted by Gasteiger charge is -2.25. The van der Waals surface area contributed by atoms with Crippen LogP contribution in [0.3, 0.4) is 0 Å². The molecule has 0 aromatic heterocycles. The summed E-state index contributed by atoms with van der Waals surface area (Å²) in [6.07, 6.45) is 17.3. The van der Waals surface area contributed by atoms with Crippen LogP contribution in [0.25, 0.3) is 0 Å². The van der Waals surface area contributed by atoms with E-state index in [1.54, 1.807) is 0 Å². The minimum atomic E-state index is -0.203. The van der Waals surface area contributed by atoms with E-state index in [9.17, 15) is 0 Å². The Labute approximate surface area is 279 Å². The Morgan fingerprint density at radius 1 is 0.522 bits per heavy atom. The van der Waals surface area contributed by atoms with Crippen LogP contribution >= 0.6 is 0 Å². The van der Waals surface area contributed by atoms with Gasteiger partial charge in [-0.2, -0.15) is 0 Å². The number of hydrogen-bond acceptors (Lipinski definition) is 4. The van der Waals surface area contributed by atoms with Crippen molar-refractivity contribution < 1.29 is 0 Å². The summed E-state index contributed by atoms with van der Waals surface area (Å²) in [4.78, 5) is 3.74. The normalized spacial score (nSPS) is 9.87. The van der Waals surface area contributed by atoms with E-state index in [0.717, 1.165) is 37.3 Å². The maximum Gasteiger partial charge on any atom is 0.202 e. The van der Waals surface area contributed by atoms with E-state index < -0.39 is 0 Å². The molecule has 0 aliphatic heterocycles. The first-order valence-corrected chi connectivity index (χ1v) is 16.8. The number of guanidine groups is 4. The highest BCUT2D eigenvalue weighted by Crippen LogP contribution is 2.16. The standard InChI is InChI=1S/2C17H29N5.C2H4/c2*1-2-3-4-5-6-7-11-14-22(17(20)21-16(18)19)15-12-9-8-10-13-15;1-2/h2*8-10,12-13H,2-7,11,14H2,1H3,(H5,18,19,20,21);1-2H2. The predicted molar refractivity (Wildman–Crippen MR) is 200 cm³/mol. The fraction of sp³-hybridized carbons (Fsp3) is 0.500. The Kier molecular flexibility index (Phi) is 25.5. The molecule has 0 radical (unpaired) electrons. The van der Waals surface area contributed by atoms with Crippen LogP contribution in [0, 0.1) is 21.6 Å². The van der Waals surface area contributed by atoms with Gasteiger partial charge in [0.25, 0.3) is 0 Å². The van der Waals surface area contributed by atoms with Crippen molar-refractivity contribution in [1.29, 1.82) is 21.6 Å². The van der Waals surface area contributed by atoms with Crippen LogP contribution in [0.1, 0.15) is 104 Å². The van der Waals surface area contributed by atoms with E-state index in [1.165, 1.54) is 77.0 Å². The monoisotopic (exact) mass is 635 g/mol. The molecule has 0 bridgehead atoms. The number of nitrogens with zero attached hydrogens (tertiary/aromatic N) is 2. The minimum absolute atomic E-state index is 0.157. The zero-order chi connectivity index (χ0) is 34.4. The summed E-state index contributed by atoms with van der Waals surface area (Å²) in [6.45, 7) is 12.0. The fourth-order valence-electron chi connectivity index (χ4n) is 4.80. The van der Waals surface area contributed by atoms with Gasteiger partial charge in [0.15, 0.2) is 11.9 Å². The summed E-state index contributed by atoms with van der Waals surface area (Å²) in [7, 11) is 0. The third-order valence-corrected chi connectivity index (χ3v) is 7.15. The molecule has 0 aliphatic rings. The lowest BCUT2D eigenvalue weighted by atomic mass is 10.1. The Bertz CT molecular complexity index is 989. The quantitative estimate of drug-likeness (QED) is 0.0355. The first-order chi connectivity index (χ1) is 22.3. The molecule has 10 nitrogen and oxygen atoms in total. The van der Waals surface area contributed by atoms with Crippen molar-refractivity contribution in [3.63, 3.8) is 0 Å². The summed E-state index contributed by atoms with van der Waals surface area (Å²) in [5.74, 6) is -0.0923. The van der Waals surface area contributed by atoms with Crippen LogP contribution in [0.5, 0.6) is 0 Å². The molecule has 0 saturated heterocycles. The summed E-state index contributed by atoms with van der Waals surface area (Å²) in [6, 6.07) is 19.6. The van der Waals surface area contributed by atoms with Crippen molar-refractivity contribution in [2.24, 2.45) is 11.5 Å². The number of rotatable bonds is 18. The first-order valence-electron chi connectivity index (χ1n) is 16.8. The highest BCUT2D eigenvalue weighted by molar-refractivity contribution is 6.04. The van der Waals surface area contributed by atoms with Gasteiger partial charge >= 0.3 is 0 Å². The van der Waals surface area contributed by atoms with Gasteiger partial charge < -0.3 is 21.3 Å². The fourth-order valence-corrected chi connectivity index (χ4v) is 4.80. The average Bonchev–Trinajstić information content (AvgIpc) is 3.05. The second-order valence-corrected chi connectivity index (χ2v) is 11.0. The number of nitrogens with two attached hydrogens (primary N) is 2. The van der Waals surface area contributed by atoms with Gasteiger partial charge in [0.05, 0.1) is 0 Å². The number of unbranched alkanes of at least 4 members (excludes halogenated alkanes) is 12. The molecule has 10 N–H and O–H groups in total. The molecule has 0 heterocycles. The van der Waals surface area contributed by atoms with Crippen molar-refractivity contribution in [3.05, 3.63) is 73.8 Å². The van der Waals surface area contributed by atoms with Gasteiger partial charge in [-0.25, -0.2) is 0 Å². The molecule has 0 amide bonds. The molecule has 0 unspecified atom stereocenters. The van der Waals surface area contributed by atoms with Crippen molar-refractivity contribution >= 4 is 35.2 Å². The molecule has 2 aromatic carbocycles. The van der Waals surface area contributed by atoms with Gasteiger partial charge in [-0.1, -0.05) is 127 Å². The van der Waals surface area contributed by atoms with Crippen LogP contribution in [0.2, 0.25) is 0 Å². The second kappa shape index (κ2) is 28.2. The first kappa shape index (κ1) is 41.7. The van der Waals surface area contributed by atoms with E-state index in [0.29, 0.717) is 0 Å². The largest absolute Gasteiger partial charge is 0.370 e. The van der Waals surface area contributed by atoms with Crippen LogP contribution < -0.4 is 31.9 Å². The van der Waals surface area contributed by atoms with Crippen LogP contribution in [0.15, 0.2) is 73.8 Å². The maximum absolute atomic E-state index is 8.08. The van der Waals surface area contributed by atoms with E-state index in [4.69, 9.17) is 33.1 Å². The van der Waals surface area contributed by atoms with Gasteiger partial charge in [0, 0.05) is 24.5 Å². The van der Waals surface area contributed by atoms with Crippen molar-refractivity contribution in [2.45, 2.75) is 104 Å². The number of anilines is 2. The SMILES string of the molecule is C=C.CCCCCCCCCN(C(=N)NC(=N)N)c1ccccc1.CCCCCCCCCN(C(=N)NC(=N)N)c1ccccc1. The lowest BCUT2D eigenvalue weighted by molar-refractivity contribution is 0.591. The van der Waals surface area contributed by atoms with E-state index in [2.05, 4.69) is 37.6 Å². The Hall–Kier alpha value is -4.34. The molecule has 0 spiro atoms. The average molecular weight is 635 g/mol. The zero-order valence-corrected chi connectivity index (χ0v) is 28.6. The number of para-hydroxylation sites is 2. The number of hydrogen-bond donors (Lipinski definition) is 8. The molecule has 256 valence electrons. The topological polar surface area (TPSA) is 178 Å². The summed E-state index contributed by atoms with van der Waals surface area (Å²) >= 11 is 0. The zero-order valence-electron chi connectivity index (χ0n) is 28.6. The highest BCUT2D eigenvalue weighted by Gasteiger charge is 2.13. The van der Waals surface area contributed by atoms with Gasteiger partial charge in [-0.15, -0.1) is 13.2 Å². The molecule has 10 heteroatoms. The van der Waals surface area contributed by atoms with Gasteiger partial charge in [0.1, 0.15) is 0 Å². The third-order valence-electron chi connectivity index (χ3n) is 7.15. The van der Waals surface area contributed by atoms with E-state index in [1.807, 2.05) is 70.5 Å². The molecule has 0 fully saturated rings. The molecule has 0 aliphatic carbocycles. The lowest BCUT2D eigenvalue weighted by Crippen LogP contribution is -2.46. The second-order valence-electron chi connectivity index (χ2n) is 11.0. The smallest absolute Gasteiger partial charge is 0.202 e. The summed E-state index contributed by atoms with van der Waals surface area (Å²) in [5, 5.41) is 35.9. The van der Waals surface area contributed by atoms with Gasteiger partial charge in [0.2, 0.25) is 11.9 Å². The Morgan fingerprint density at radius 3 is 1.09 bits per heavy atom. The maximum atomic E-state index is 8.08. The van der Waals surface area contributed by atoms with E-state index >= 15 is 0 Å². The predicted octanol–water partition coefficient (Wildman–Crippen LogP) is 8.13. The molecule has 46 heavy (non-hydrogen) atoms. The summed E-state index contributed by atoms with van der Waals surface area (Å²) in [5.41, 5.74) is 12.6. The van der Waals surface area contributed by atoms with Crippen molar-refractivity contribution in [3.8, 4) is 0 Å². The number of nitrogens with one attached hydrogen (secondary N) is 6. The molecule has 0 saturated carbocycles. The minimum Gasteiger partial charge on any atom is -0.370 e. The van der Waals surface area contributed by atoms with E-state index in [-0.39, 0.29) is 23.8 Å².